The van der Waals surface area contributed by atoms with Crippen molar-refractivity contribution in [2.24, 2.45) is 5.92 Å². The van der Waals surface area contributed by atoms with Crippen LogP contribution in [0.2, 0.25) is 0 Å². The first-order chi connectivity index (χ1) is 20.8. The van der Waals surface area contributed by atoms with Crippen molar-refractivity contribution < 1.29 is 19.1 Å². The molecular formula is C31H41N7O4S. The second-order valence-electron chi connectivity index (χ2n) is 10.7. The fraction of sp³-hybridized carbons (Fsp3) is 0.484. The lowest BCUT2D eigenvalue weighted by atomic mass is 10.0. The first-order valence-electron chi connectivity index (χ1n) is 14.8. The van der Waals surface area contributed by atoms with Gasteiger partial charge in [0, 0.05) is 31.3 Å². The van der Waals surface area contributed by atoms with Gasteiger partial charge in [0.2, 0.25) is 17.7 Å². The number of benzene rings is 1. The molecule has 0 aliphatic carbocycles. The van der Waals surface area contributed by atoms with Crippen LogP contribution in [0.1, 0.15) is 62.3 Å². The van der Waals surface area contributed by atoms with Gasteiger partial charge in [0.15, 0.2) is 11.6 Å². The first kappa shape index (κ1) is 32.0. The van der Waals surface area contributed by atoms with Crippen molar-refractivity contribution in [3.63, 3.8) is 0 Å². The standard InChI is InChI=1S/C31H41N7O4S/c1-5-42-30-23(13-9-16-32-30)31(41)37-17-10-14-25(39)33-24(15-20-43-4)29(40)34-26(21(2)3)28-35-27(36-38(28)19-18-37)22-11-7-6-8-12-22/h6-9,11-13,16,21,24,26H,5,10,14-15,17-20H2,1-4H3,(H,33,39)(H,34,40)/t24-,26+/m0/s1. The van der Waals surface area contributed by atoms with E-state index in [1.54, 1.807) is 39.7 Å². The number of ether oxygens (including phenoxy) is 1. The van der Waals surface area contributed by atoms with Crippen LogP contribution < -0.4 is 15.4 Å². The lowest BCUT2D eigenvalue weighted by molar-refractivity contribution is -0.129. The molecule has 0 saturated heterocycles. The lowest BCUT2D eigenvalue weighted by Crippen LogP contribution is -2.49. The van der Waals surface area contributed by atoms with Crippen LogP contribution in [0, 0.1) is 5.92 Å². The van der Waals surface area contributed by atoms with Crippen LogP contribution >= 0.6 is 11.8 Å². The minimum Gasteiger partial charge on any atom is -0.477 e. The highest BCUT2D eigenvalue weighted by molar-refractivity contribution is 7.98. The van der Waals surface area contributed by atoms with E-state index in [9.17, 15) is 14.4 Å². The van der Waals surface area contributed by atoms with Crippen LogP contribution in [0.3, 0.4) is 0 Å². The number of amides is 3. The number of hydrogen-bond acceptors (Lipinski definition) is 8. The van der Waals surface area contributed by atoms with Gasteiger partial charge in [0.25, 0.3) is 5.91 Å². The van der Waals surface area contributed by atoms with E-state index < -0.39 is 12.1 Å². The number of hydrogen-bond donors (Lipinski definition) is 2. The van der Waals surface area contributed by atoms with Gasteiger partial charge in [-0.3, -0.25) is 14.4 Å². The van der Waals surface area contributed by atoms with Gasteiger partial charge >= 0.3 is 0 Å². The molecule has 43 heavy (non-hydrogen) atoms. The summed E-state index contributed by atoms with van der Waals surface area (Å²) in [4.78, 5) is 51.3. The zero-order valence-corrected chi connectivity index (χ0v) is 26.1. The van der Waals surface area contributed by atoms with Crippen molar-refractivity contribution in [2.45, 2.75) is 58.7 Å². The number of thioether (sulfide) groups is 1. The van der Waals surface area contributed by atoms with Crippen LogP contribution in [-0.4, -0.2) is 80.1 Å². The maximum atomic E-state index is 13.8. The first-order valence-corrected chi connectivity index (χ1v) is 16.2. The molecule has 3 aromatic rings. The molecule has 0 fully saturated rings. The number of aromatic nitrogens is 4. The third kappa shape index (κ3) is 8.34. The Balaban J connectivity index is 1.74. The number of nitrogens with zero attached hydrogens (tertiary/aromatic N) is 5. The zero-order valence-electron chi connectivity index (χ0n) is 25.3. The number of nitrogens with one attached hydrogen (secondary N) is 2. The van der Waals surface area contributed by atoms with Crippen LogP contribution in [-0.2, 0) is 16.1 Å². The molecule has 2 N–H and O–H groups in total. The molecule has 1 aliphatic heterocycles. The van der Waals surface area contributed by atoms with Crippen molar-refractivity contribution >= 4 is 29.5 Å². The Labute approximate surface area is 257 Å². The summed E-state index contributed by atoms with van der Waals surface area (Å²) in [5.41, 5.74) is 1.21. The molecule has 0 radical (unpaired) electrons. The van der Waals surface area contributed by atoms with E-state index in [0.29, 0.717) is 62.0 Å². The number of rotatable bonds is 8. The average Bonchev–Trinajstić information content (AvgIpc) is 3.43. The van der Waals surface area contributed by atoms with Crippen LogP contribution in [0.4, 0.5) is 0 Å². The van der Waals surface area contributed by atoms with E-state index >= 15 is 0 Å². The molecule has 0 saturated carbocycles. The summed E-state index contributed by atoms with van der Waals surface area (Å²) in [5, 5.41) is 10.9. The molecule has 12 heteroatoms. The summed E-state index contributed by atoms with van der Waals surface area (Å²) < 4.78 is 7.44. The summed E-state index contributed by atoms with van der Waals surface area (Å²) >= 11 is 1.62. The van der Waals surface area contributed by atoms with Crippen LogP contribution in [0.15, 0.2) is 48.7 Å². The van der Waals surface area contributed by atoms with Crippen molar-refractivity contribution in [1.82, 2.24) is 35.3 Å². The maximum Gasteiger partial charge on any atom is 0.259 e. The third-order valence-corrected chi connectivity index (χ3v) is 7.86. The van der Waals surface area contributed by atoms with Gasteiger partial charge in [-0.25, -0.2) is 14.6 Å². The second kappa shape index (κ2) is 15.5. The molecule has 0 unspecified atom stereocenters. The molecule has 11 nitrogen and oxygen atoms in total. The predicted octanol–water partition coefficient (Wildman–Crippen LogP) is 3.73. The number of pyridine rings is 1. The lowest BCUT2D eigenvalue weighted by Gasteiger charge is -2.28. The Morgan fingerprint density at radius 1 is 1.09 bits per heavy atom. The third-order valence-electron chi connectivity index (χ3n) is 7.22. The van der Waals surface area contributed by atoms with Gasteiger partial charge in [0.05, 0.1) is 19.2 Å². The van der Waals surface area contributed by atoms with Crippen molar-refractivity contribution in [2.75, 3.05) is 31.7 Å². The number of carbonyl (C=O) groups excluding carboxylic acids is 3. The quantitative estimate of drug-likeness (QED) is 0.396. The summed E-state index contributed by atoms with van der Waals surface area (Å²) in [7, 11) is 0. The highest BCUT2D eigenvalue weighted by Gasteiger charge is 2.30. The number of carbonyl (C=O) groups is 3. The SMILES string of the molecule is CCOc1ncccc1C(=O)N1CCCC(=O)N[C@@H](CCSC)C(=O)N[C@H](C(C)C)c2nc(-c3ccccc3)nn2CC1. The summed E-state index contributed by atoms with van der Waals surface area (Å²) in [5.74, 6) is 1.40. The molecule has 1 aliphatic rings. The highest BCUT2D eigenvalue weighted by atomic mass is 32.2. The Morgan fingerprint density at radius 3 is 2.60 bits per heavy atom. The van der Waals surface area contributed by atoms with Crippen LogP contribution in [0.5, 0.6) is 5.88 Å². The molecule has 230 valence electrons. The van der Waals surface area contributed by atoms with E-state index in [2.05, 4.69) is 15.6 Å². The van der Waals surface area contributed by atoms with Gasteiger partial charge in [-0.05, 0) is 49.8 Å². The fourth-order valence-corrected chi connectivity index (χ4v) is 5.42. The fourth-order valence-electron chi connectivity index (χ4n) is 4.95. The van der Waals surface area contributed by atoms with Gasteiger partial charge in [-0.2, -0.15) is 16.9 Å². The zero-order chi connectivity index (χ0) is 30.8. The highest BCUT2D eigenvalue weighted by Crippen LogP contribution is 2.25. The summed E-state index contributed by atoms with van der Waals surface area (Å²) in [6.45, 7) is 7.22. The molecule has 0 bridgehead atoms. The van der Waals surface area contributed by atoms with Gasteiger partial charge in [-0.15, -0.1) is 0 Å². The van der Waals surface area contributed by atoms with Gasteiger partial charge < -0.3 is 20.3 Å². The molecule has 2 atom stereocenters. The van der Waals surface area contributed by atoms with E-state index in [1.807, 2.05) is 57.4 Å². The Kier molecular flexibility index (Phi) is 11.5. The topological polar surface area (TPSA) is 131 Å². The van der Waals surface area contributed by atoms with E-state index in [1.165, 1.54) is 0 Å². The van der Waals surface area contributed by atoms with Crippen molar-refractivity contribution in [3.8, 4) is 17.3 Å². The summed E-state index contributed by atoms with van der Waals surface area (Å²) in [6.07, 6.45) is 4.66. The normalized spacial score (nSPS) is 18.4. The largest absolute Gasteiger partial charge is 0.477 e. The Bertz CT molecular complexity index is 1380. The molecule has 1 aromatic carbocycles. The average molecular weight is 608 g/mol. The smallest absolute Gasteiger partial charge is 0.259 e. The molecule has 4 rings (SSSR count). The van der Waals surface area contributed by atoms with Gasteiger partial charge in [-0.1, -0.05) is 44.2 Å². The van der Waals surface area contributed by atoms with E-state index in [0.717, 1.165) is 5.56 Å². The maximum absolute atomic E-state index is 13.8. The minimum absolute atomic E-state index is 0.0257. The summed E-state index contributed by atoms with van der Waals surface area (Å²) in [6, 6.07) is 11.9. The molecule has 3 amide bonds. The predicted molar refractivity (Wildman–Crippen MR) is 167 cm³/mol. The molecule has 2 aromatic heterocycles. The van der Waals surface area contributed by atoms with Crippen molar-refractivity contribution in [3.05, 3.63) is 60.0 Å². The Morgan fingerprint density at radius 2 is 1.88 bits per heavy atom. The molecule has 0 spiro atoms. The minimum atomic E-state index is -0.684. The van der Waals surface area contributed by atoms with Crippen LogP contribution in [0.25, 0.3) is 11.4 Å². The van der Waals surface area contributed by atoms with E-state index in [-0.39, 0.29) is 35.9 Å². The number of fused-ring (bicyclic) bond motifs is 1. The van der Waals surface area contributed by atoms with Crippen molar-refractivity contribution in [1.29, 1.82) is 0 Å². The molecular weight excluding hydrogens is 566 g/mol. The Hall–Kier alpha value is -3.93. The van der Waals surface area contributed by atoms with Gasteiger partial charge in [0.1, 0.15) is 11.6 Å². The monoisotopic (exact) mass is 607 g/mol. The molecule has 3 heterocycles. The second-order valence-corrected chi connectivity index (χ2v) is 11.7. The van der Waals surface area contributed by atoms with E-state index in [4.69, 9.17) is 14.8 Å².